The van der Waals surface area contributed by atoms with Gasteiger partial charge in [0.25, 0.3) is 0 Å². The van der Waals surface area contributed by atoms with E-state index in [-0.39, 0.29) is 6.61 Å². The predicted octanol–water partition coefficient (Wildman–Crippen LogP) is 2.42. The summed E-state index contributed by atoms with van der Waals surface area (Å²) < 4.78 is 10.6. The van der Waals surface area contributed by atoms with Gasteiger partial charge in [-0.1, -0.05) is 6.07 Å². The zero-order valence-corrected chi connectivity index (χ0v) is 11.2. The number of carbonyl (C=O) groups is 1. The highest BCUT2D eigenvalue weighted by atomic mass is 16.5. The standard InChI is InChI=1S/C15H16N2O3/c1-2-19-14-7-12(6-13(16)8-14)15(18)20-10-11-4-3-5-17-9-11/h3-9H,2,10,16H2,1H3. The van der Waals surface area contributed by atoms with Crippen LogP contribution < -0.4 is 10.5 Å². The van der Waals surface area contributed by atoms with Gasteiger partial charge in [-0.15, -0.1) is 0 Å². The van der Waals surface area contributed by atoms with E-state index >= 15 is 0 Å². The van der Waals surface area contributed by atoms with Gasteiger partial charge in [-0.2, -0.15) is 0 Å². The molecule has 0 saturated heterocycles. The number of hydrogen-bond donors (Lipinski definition) is 1. The first-order valence-electron chi connectivity index (χ1n) is 6.28. The first kappa shape index (κ1) is 13.9. The fourth-order valence-corrected chi connectivity index (χ4v) is 1.71. The lowest BCUT2D eigenvalue weighted by molar-refractivity contribution is 0.0472. The van der Waals surface area contributed by atoms with Crippen molar-refractivity contribution in [3.8, 4) is 5.75 Å². The molecule has 0 bridgehead atoms. The molecule has 2 rings (SSSR count). The van der Waals surface area contributed by atoms with Gasteiger partial charge in [-0.25, -0.2) is 4.79 Å². The van der Waals surface area contributed by atoms with E-state index in [9.17, 15) is 4.79 Å². The largest absolute Gasteiger partial charge is 0.494 e. The molecule has 20 heavy (non-hydrogen) atoms. The summed E-state index contributed by atoms with van der Waals surface area (Å²) in [4.78, 5) is 15.9. The summed E-state index contributed by atoms with van der Waals surface area (Å²) in [7, 11) is 0. The van der Waals surface area contributed by atoms with Gasteiger partial charge in [0.2, 0.25) is 0 Å². The van der Waals surface area contributed by atoms with Crippen molar-refractivity contribution >= 4 is 11.7 Å². The second kappa shape index (κ2) is 6.56. The summed E-state index contributed by atoms with van der Waals surface area (Å²) in [5.41, 5.74) is 7.40. The van der Waals surface area contributed by atoms with E-state index in [2.05, 4.69) is 4.98 Å². The van der Waals surface area contributed by atoms with Crippen LogP contribution in [0.5, 0.6) is 5.75 Å². The minimum Gasteiger partial charge on any atom is -0.494 e. The smallest absolute Gasteiger partial charge is 0.338 e. The summed E-state index contributed by atoms with van der Waals surface area (Å²) in [6.07, 6.45) is 3.32. The minimum absolute atomic E-state index is 0.172. The van der Waals surface area contributed by atoms with E-state index in [0.717, 1.165) is 5.56 Å². The Morgan fingerprint density at radius 3 is 2.90 bits per heavy atom. The molecule has 1 aromatic carbocycles. The number of pyridine rings is 1. The van der Waals surface area contributed by atoms with Gasteiger partial charge in [0, 0.05) is 29.7 Å². The number of nitrogens with two attached hydrogens (primary N) is 1. The highest BCUT2D eigenvalue weighted by molar-refractivity contribution is 5.91. The highest BCUT2D eigenvalue weighted by Gasteiger charge is 2.10. The number of benzene rings is 1. The second-order valence-corrected chi connectivity index (χ2v) is 4.16. The fraction of sp³-hybridized carbons (Fsp3) is 0.200. The Morgan fingerprint density at radius 2 is 2.20 bits per heavy atom. The molecule has 2 N–H and O–H groups in total. The van der Waals surface area contributed by atoms with Crippen LogP contribution in [0.3, 0.4) is 0 Å². The zero-order valence-electron chi connectivity index (χ0n) is 11.2. The van der Waals surface area contributed by atoms with E-state index in [4.69, 9.17) is 15.2 Å². The Morgan fingerprint density at radius 1 is 1.35 bits per heavy atom. The molecule has 104 valence electrons. The Hall–Kier alpha value is -2.56. The number of hydrogen-bond acceptors (Lipinski definition) is 5. The van der Waals surface area contributed by atoms with E-state index in [1.807, 2.05) is 13.0 Å². The third kappa shape index (κ3) is 3.71. The summed E-state index contributed by atoms with van der Waals surface area (Å²) >= 11 is 0. The number of nitrogens with zero attached hydrogens (tertiary/aromatic N) is 1. The number of aromatic nitrogens is 1. The molecular formula is C15H16N2O3. The summed E-state index contributed by atoms with van der Waals surface area (Å²) in [6, 6.07) is 8.48. The molecule has 2 aromatic rings. The number of carbonyl (C=O) groups excluding carboxylic acids is 1. The van der Waals surface area contributed by atoms with Crippen LogP contribution in [0.4, 0.5) is 5.69 Å². The molecule has 0 amide bonds. The monoisotopic (exact) mass is 272 g/mol. The quantitative estimate of drug-likeness (QED) is 0.668. The van der Waals surface area contributed by atoms with Crippen LogP contribution in [0.15, 0.2) is 42.7 Å². The van der Waals surface area contributed by atoms with Crippen LogP contribution in [0, 0.1) is 0 Å². The van der Waals surface area contributed by atoms with Gasteiger partial charge >= 0.3 is 5.97 Å². The predicted molar refractivity (Wildman–Crippen MR) is 75.4 cm³/mol. The molecule has 0 aliphatic carbocycles. The fourth-order valence-electron chi connectivity index (χ4n) is 1.71. The van der Waals surface area contributed by atoms with Crippen LogP contribution >= 0.6 is 0 Å². The van der Waals surface area contributed by atoms with Crippen molar-refractivity contribution in [3.63, 3.8) is 0 Å². The maximum Gasteiger partial charge on any atom is 0.338 e. The molecule has 0 fully saturated rings. The van der Waals surface area contributed by atoms with E-state index in [1.54, 1.807) is 36.7 Å². The number of anilines is 1. The zero-order chi connectivity index (χ0) is 14.4. The van der Waals surface area contributed by atoms with Gasteiger partial charge < -0.3 is 15.2 Å². The summed E-state index contributed by atoms with van der Waals surface area (Å²) in [6.45, 7) is 2.54. The number of ether oxygens (including phenoxy) is 2. The third-order valence-corrected chi connectivity index (χ3v) is 2.57. The van der Waals surface area contributed by atoms with Gasteiger partial charge in [0.15, 0.2) is 0 Å². The van der Waals surface area contributed by atoms with Crippen molar-refractivity contribution in [2.45, 2.75) is 13.5 Å². The lowest BCUT2D eigenvalue weighted by Gasteiger charge is -2.08. The van der Waals surface area contributed by atoms with Gasteiger partial charge in [0.05, 0.1) is 12.2 Å². The van der Waals surface area contributed by atoms with Crippen molar-refractivity contribution in [1.29, 1.82) is 0 Å². The molecule has 0 aliphatic heterocycles. The first-order chi connectivity index (χ1) is 9.69. The lowest BCUT2D eigenvalue weighted by atomic mass is 10.2. The van der Waals surface area contributed by atoms with Crippen LogP contribution in [0.25, 0.3) is 0 Å². The third-order valence-electron chi connectivity index (χ3n) is 2.57. The normalized spacial score (nSPS) is 10.1. The molecule has 0 spiro atoms. The van der Waals surface area contributed by atoms with Gasteiger partial charge in [-0.3, -0.25) is 4.98 Å². The lowest BCUT2D eigenvalue weighted by Crippen LogP contribution is -2.07. The van der Waals surface area contributed by atoms with E-state index < -0.39 is 5.97 Å². The van der Waals surface area contributed by atoms with Crippen LogP contribution in [0.1, 0.15) is 22.8 Å². The minimum atomic E-state index is -0.442. The molecule has 0 radical (unpaired) electrons. The molecular weight excluding hydrogens is 256 g/mol. The van der Waals surface area contributed by atoms with Crippen LogP contribution in [-0.2, 0) is 11.3 Å². The molecule has 0 unspecified atom stereocenters. The van der Waals surface area contributed by atoms with Crippen LogP contribution in [0.2, 0.25) is 0 Å². The Labute approximate surface area is 117 Å². The van der Waals surface area contributed by atoms with E-state index in [1.165, 1.54) is 0 Å². The topological polar surface area (TPSA) is 74.4 Å². The molecule has 1 heterocycles. The number of esters is 1. The molecule has 5 nitrogen and oxygen atoms in total. The molecule has 1 aromatic heterocycles. The summed E-state index contributed by atoms with van der Waals surface area (Å²) in [5, 5.41) is 0. The highest BCUT2D eigenvalue weighted by Crippen LogP contribution is 2.20. The number of rotatable bonds is 5. The van der Waals surface area contributed by atoms with E-state index in [0.29, 0.717) is 23.6 Å². The Balaban J connectivity index is 2.05. The maximum absolute atomic E-state index is 12.0. The molecule has 5 heteroatoms. The second-order valence-electron chi connectivity index (χ2n) is 4.16. The average Bonchev–Trinajstić information content (AvgIpc) is 2.45. The van der Waals surface area contributed by atoms with Gasteiger partial charge in [0.1, 0.15) is 12.4 Å². The number of nitrogen functional groups attached to an aromatic ring is 1. The van der Waals surface area contributed by atoms with Crippen LogP contribution in [-0.4, -0.2) is 17.6 Å². The Bertz CT molecular complexity index is 585. The van der Waals surface area contributed by atoms with Crippen molar-refractivity contribution in [3.05, 3.63) is 53.9 Å². The molecule has 0 atom stereocenters. The maximum atomic E-state index is 12.0. The average molecular weight is 272 g/mol. The van der Waals surface area contributed by atoms with Crippen molar-refractivity contribution in [2.75, 3.05) is 12.3 Å². The molecule has 0 saturated carbocycles. The molecule has 0 aliphatic rings. The van der Waals surface area contributed by atoms with Crippen molar-refractivity contribution in [1.82, 2.24) is 4.98 Å². The van der Waals surface area contributed by atoms with Crippen molar-refractivity contribution in [2.24, 2.45) is 0 Å². The summed E-state index contributed by atoms with van der Waals surface area (Å²) in [5.74, 6) is 0.114. The Kier molecular flexibility index (Phi) is 4.55. The van der Waals surface area contributed by atoms with Crippen molar-refractivity contribution < 1.29 is 14.3 Å². The SMILES string of the molecule is CCOc1cc(N)cc(C(=O)OCc2cccnc2)c1. The van der Waals surface area contributed by atoms with Gasteiger partial charge in [-0.05, 0) is 25.1 Å². The first-order valence-corrected chi connectivity index (χ1v) is 6.28.